The van der Waals surface area contributed by atoms with Crippen LogP contribution in [-0.4, -0.2) is 23.6 Å². The Bertz CT molecular complexity index is 894. The first-order valence-corrected chi connectivity index (χ1v) is 7.91. The lowest BCUT2D eigenvalue weighted by Crippen LogP contribution is -2.12. The number of fused-ring (bicyclic) bond motifs is 1. The predicted molar refractivity (Wildman–Crippen MR) is 81.5 cm³/mol. The molecule has 0 aliphatic carbocycles. The van der Waals surface area contributed by atoms with Crippen molar-refractivity contribution in [1.29, 1.82) is 0 Å². The molecule has 7 nitrogen and oxygen atoms in total. The van der Waals surface area contributed by atoms with Gasteiger partial charge in [-0.25, -0.2) is 8.42 Å². The van der Waals surface area contributed by atoms with Crippen LogP contribution in [0.4, 0.5) is 11.5 Å². The first kappa shape index (κ1) is 13.5. The van der Waals surface area contributed by atoms with Crippen molar-refractivity contribution in [3.8, 4) is 0 Å². The number of hydrogen-bond donors (Lipinski definition) is 4. The molecule has 0 spiro atoms. The van der Waals surface area contributed by atoms with E-state index in [1.807, 2.05) is 6.92 Å². The second-order valence-electron chi connectivity index (χ2n) is 4.70. The molecule has 0 aliphatic heterocycles. The number of nitrogens with one attached hydrogen (secondary N) is 3. The molecule has 0 saturated heterocycles. The van der Waals surface area contributed by atoms with Crippen LogP contribution in [0.3, 0.4) is 0 Å². The molecule has 5 N–H and O–H groups in total. The molecular formula is C13H15N5O2S. The summed E-state index contributed by atoms with van der Waals surface area (Å²) >= 11 is 0. The molecule has 0 bridgehead atoms. The van der Waals surface area contributed by atoms with Crippen LogP contribution in [0.1, 0.15) is 12.6 Å². The van der Waals surface area contributed by atoms with Gasteiger partial charge in [0.25, 0.3) is 10.0 Å². The first-order valence-electron chi connectivity index (χ1n) is 6.43. The van der Waals surface area contributed by atoms with Gasteiger partial charge in [-0.2, -0.15) is 5.10 Å². The highest BCUT2D eigenvalue weighted by Gasteiger charge is 2.20. The Kier molecular flexibility index (Phi) is 3.09. The van der Waals surface area contributed by atoms with Crippen molar-refractivity contribution in [1.82, 2.24) is 15.2 Å². The minimum Gasteiger partial charge on any atom is -0.399 e. The minimum atomic E-state index is -3.73. The molecule has 0 aliphatic rings. The SMILES string of the molecule is CCc1cc(NS(=O)(=O)c2c[nH]c3ccc(N)cc23)n[nH]1. The van der Waals surface area contributed by atoms with Gasteiger partial charge in [-0.3, -0.25) is 9.82 Å². The van der Waals surface area contributed by atoms with E-state index >= 15 is 0 Å². The number of H-pyrrole nitrogens is 2. The Hall–Kier alpha value is -2.48. The second-order valence-corrected chi connectivity index (χ2v) is 6.35. The Morgan fingerprint density at radius 3 is 2.86 bits per heavy atom. The highest BCUT2D eigenvalue weighted by molar-refractivity contribution is 7.93. The van der Waals surface area contributed by atoms with E-state index in [-0.39, 0.29) is 10.7 Å². The number of sulfonamides is 1. The molecule has 1 aromatic carbocycles. The maximum absolute atomic E-state index is 12.5. The number of rotatable bonds is 4. The summed E-state index contributed by atoms with van der Waals surface area (Å²) in [6, 6.07) is 6.75. The van der Waals surface area contributed by atoms with Gasteiger partial charge in [-0.1, -0.05) is 6.92 Å². The number of aromatic amines is 2. The van der Waals surface area contributed by atoms with Gasteiger partial charge in [0.2, 0.25) is 0 Å². The lowest BCUT2D eigenvalue weighted by molar-refractivity contribution is 0.602. The van der Waals surface area contributed by atoms with E-state index in [0.717, 1.165) is 12.1 Å². The molecule has 0 unspecified atom stereocenters. The number of nitrogens with two attached hydrogens (primary N) is 1. The normalized spacial score (nSPS) is 11.9. The average molecular weight is 305 g/mol. The monoisotopic (exact) mass is 305 g/mol. The largest absolute Gasteiger partial charge is 0.399 e. The fraction of sp³-hybridized carbons (Fsp3) is 0.154. The first-order chi connectivity index (χ1) is 9.99. The van der Waals surface area contributed by atoms with Crippen molar-refractivity contribution in [3.05, 3.63) is 36.2 Å². The average Bonchev–Trinajstić information content (AvgIpc) is 3.04. The third-order valence-corrected chi connectivity index (χ3v) is 4.60. The van der Waals surface area contributed by atoms with Crippen LogP contribution in [0, 0.1) is 0 Å². The summed E-state index contributed by atoms with van der Waals surface area (Å²) in [4.78, 5) is 3.07. The van der Waals surface area contributed by atoms with Crippen molar-refractivity contribution in [2.45, 2.75) is 18.2 Å². The number of nitrogens with zero attached hydrogens (tertiary/aromatic N) is 1. The van der Waals surface area contributed by atoms with Crippen molar-refractivity contribution < 1.29 is 8.42 Å². The van der Waals surface area contributed by atoms with E-state index in [1.54, 1.807) is 24.3 Å². The molecule has 8 heteroatoms. The zero-order valence-electron chi connectivity index (χ0n) is 11.3. The van der Waals surface area contributed by atoms with E-state index in [2.05, 4.69) is 19.9 Å². The van der Waals surface area contributed by atoms with Gasteiger partial charge in [-0.15, -0.1) is 0 Å². The number of nitrogen functional groups attached to an aromatic ring is 1. The summed E-state index contributed by atoms with van der Waals surface area (Å²) in [6.45, 7) is 1.95. The number of aromatic nitrogens is 3. The molecule has 3 aromatic rings. The standard InChI is InChI=1S/C13H15N5O2S/c1-2-9-6-13(17-16-9)18-21(19,20)12-7-15-11-4-3-8(14)5-10(11)12/h3-7,15H,2,14H2,1H3,(H2,16,17,18). The third-order valence-electron chi connectivity index (χ3n) is 3.21. The molecule has 0 fully saturated rings. The molecule has 0 saturated carbocycles. The van der Waals surface area contributed by atoms with Crippen LogP contribution in [-0.2, 0) is 16.4 Å². The second kappa shape index (κ2) is 4.81. The summed E-state index contributed by atoms with van der Waals surface area (Å²) < 4.78 is 27.4. The van der Waals surface area contributed by atoms with Crippen LogP contribution in [0.2, 0.25) is 0 Å². The van der Waals surface area contributed by atoms with Crippen LogP contribution < -0.4 is 10.5 Å². The van der Waals surface area contributed by atoms with Crippen LogP contribution in [0.25, 0.3) is 10.9 Å². The quantitative estimate of drug-likeness (QED) is 0.550. The molecule has 0 amide bonds. The fourth-order valence-corrected chi connectivity index (χ4v) is 3.28. The number of anilines is 2. The van der Waals surface area contributed by atoms with Crippen molar-refractivity contribution in [2.75, 3.05) is 10.5 Å². The Labute approximate surface area is 121 Å². The van der Waals surface area contributed by atoms with E-state index < -0.39 is 10.0 Å². The Morgan fingerprint density at radius 2 is 2.14 bits per heavy atom. The highest BCUT2D eigenvalue weighted by atomic mass is 32.2. The van der Waals surface area contributed by atoms with Crippen molar-refractivity contribution in [2.24, 2.45) is 0 Å². The van der Waals surface area contributed by atoms with E-state index in [1.165, 1.54) is 6.20 Å². The molecule has 2 heterocycles. The Morgan fingerprint density at radius 1 is 1.33 bits per heavy atom. The van der Waals surface area contributed by atoms with Crippen LogP contribution in [0.5, 0.6) is 0 Å². The molecule has 3 rings (SSSR count). The van der Waals surface area contributed by atoms with Gasteiger partial charge < -0.3 is 10.7 Å². The van der Waals surface area contributed by atoms with E-state index in [9.17, 15) is 8.42 Å². The maximum atomic E-state index is 12.5. The fourth-order valence-electron chi connectivity index (χ4n) is 2.12. The lowest BCUT2D eigenvalue weighted by Gasteiger charge is -2.04. The Balaban J connectivity index is 2.01. The zero-order valence-corrected chi connectivity index (χ0v) is 12.2. The third kappa shape index (κ3) is 2.45. The van der Waals surface area contributed by atoms with Gasteiger partial charge in [0.15, 0.2) is 5.82 Å². The smallest absolute Gasteiger partial charge is 0.265 e. The maximum Gasteiger partial charge on any atom is 0.265 e. The molecule has 0 atom stereocenters. The predicted octanol–water partition coefficient (Wildman–Crippen LogP) is 1.84. The van der Waals surface area contributed by atoms with Crippen LogP contribution in [0.15, 0.2) is 35.4 Å². The number of benzene rings is 1. The van der Waals surface area contributed by atoms with Gasteiger partial charge in [0, 0.05) is 34.5 Å². The van der Waals surface area contributed by atoms with E-state index in [4.69, 9.17) is 5.73 Å². The minimum absolute atomic E-state index is 0.144. The topological polar surface area (TPSA) is 117 Å². The summed E-state index contributed by atoms with van der Waals surface area (Å²) in [7, 11) is -3.73. The van der Waals surface area contributed by atoms with Gasteiger partial charge >= 0.3 is 0 Å². The summed E-state index contributed by atoms with van der Waals surface area (Å²) in [6.07, 6.45) is 2.19. The molecule has 110 valence electrons. The van der Waals surface area contributed by atoms with Gasteiger partial charge in [-0.05, 0) is 24.6 Å². The van der Waals surface area contributed by atoms with Crippen LogP contribution >= 0.6 is 0 Å². The number of hydrogen-bond acceptors (Lipinski definition) is 4. The lowest BCUT2D eigenvalue weighted by atomic mass is 10.2. The van der Waals surface area contributed by atoms with E-state index in [0.29, 0.717) is 16.6 Å². The summed E-state index contributed by atoms with van der Waals surface area (Å²) in [5.74, 6) is 0.269. The molecule has 2 aromatic heterocycles. The molecule has 21 heavy (non-hydrogen) atoms. The molecule has 0 radical (unpaired) electrons. The van der Waals surface area contributed by atoms with Crippen molar-refractivity contribution in [3.63, 3.8) is 0 Å². The van der Waals surface area contributed by atoms with Gasteiger partial charge in [0.05, 0.1) is 0 Å². The zero-order chi connectivity index (χ0) is 15.0. The van der Waals surface area contributed by atoms with Gasteiger partial charge in [0.1, 0.15) is 4.90 Å². The highest BCUT2D eigenvalue weighted by Crippen LogP contribution is 2.26. The summed E-state index contributed by atoms with van der Waals surface area (Å²) in [5, 5.41) is 7.24. The van der Waals surface area contributed by atoms with Crippen molar-refractivity contribution >= 4 is 32.4 Å². The number of aryl methyl sites for hydroxylation is 1. The summed E-state index contributed by atoms with van der Waals surface area (Å²) in [5.41, 5.74) is 7.80. The molecular weight excluding hydrogens is 290 g/mol.